The molecule has 11 heteroatoms. The summed E-state index contributed by atoms with van der Waals surface area (Å²) in [7, 11) is -3.66. The topological polar surface area (TPSA) is 115 Å². The molecule has 0 bridgehead atoms. The predicted octanol–water partition coefficient (Wildman–Crippen LogP) is 4.20. The van der Waals surface area contributed by atoms with E-state index in [0.29, 0.717) is 64.7 Å². The highest BCUT2D eigenvalue weighted by atomic mass is 28.4. The summed E-state index contributed by atoms with van der Waals surface area (Å²) in [6.07, 6.45) is 13.0. The zero-order valence-electron chi connectivity index (χ0n) is 28.2. The van der Waals surface area contributed by atoms with E-state index in [4.69, 9.17) is 13.6 Å². The van der Waals surface area contributed by atoms with E-state index in [2.05, 4.69) is 36.0 Å². The fourth-order valence-corrected chi connectivity index (χ4v) is 15.9. The lowest BCUT2D eigenvalue weighted by Crippen LogP contribution is -2.45. The van der Waals surface area contributed by atoms with Crippen LogP contribution in [-0.4, -0.2) is 137 Å². The molecule has 2 saturated carbocycles. The molecule has 0 spiro atoms. The van der Waals surface area contributed by atoms with Crippen LogP contribution < -0.4 is 0 Å². The first-order valence-electron chi connectivity index (χ1n) is 17.5. The maximum Gasteiger partial charge on any atom is 0.173 e. The summed E-state index contributed by atoms with van der Waals surface area (Å²) < 4.78 is 18.5. The minimum Gasteiger partial charge on any atom is -0.455 e. The molecule has 0 radical (unpaired) electrons. The lowest BCUT2D eigenvalue weighted by atomic mass is 9.94. The van der Waals surface area contributed by atoms with Gasteiger partial charge in [0.05, 0.1) is 38.6 Å². The summed E-state index contributed by atoms with van der Waals surface area (Å²) in [5, 5.41) is 40.1. The van der Waals surface area contributed by atoms with Crippen LogP contribution >= 0.6 is 0 Å². The number of hydrogen-bond acceptors (Lipinski definition) is 9. The number of aliphatic hydroxyl groups excluding tert-OH is 4. The first kappa shape index (κ1) is 39.3. The predicted molar refractivity (Wildman–Crippen MR) is 180 cm³/mol. The van der Waals surface area contributed by atoms with Crippen molar-refractivity contribution in [2.24, 2.45) is 0 Å². The van der Waals surface area contributed by atoms with Gasteiger partial charge in [-0.3, -0.25) is 9.80 Å². The van der Waals surface area contributed by atoms with Gasteiger partial charge in [0.1, 0.15) is 0 Å². The molecule has 0 aromatic rings. The van der Waals surface area contributed by atoms with Crippen molar-refractivity contribution in [3.05, 3.63) is 0 Å². The molecule has 2 aliphatic rings. The Hall–Kier alpha value is 0.0738. The average molecular weight is 649 g/mol. The van der Waals surface area contributed by atoms with Crippen LogP contribution in [0.15, 0.2) is 0 Å². The second-order valence-corrected chi connectivity index (χ2v) is 23.2. The monoisotopic (exact) mass is 648 g/mol. The van der Waals surface area contributed by atoms with Crippen molar-refractivity contribution in [2.75, 3.05) is 65.8 Å². The van der Waals surface area contributed by atoms with E-state index in [1.807, 2.05) is 0 Å². The summed E-state index contributed by atoms with van der Waals surface area (Å²) in [6, 6.07) is 3.02. The standard InChI is InChI=1S/C32H68N2O7Si2/c1-42(2,23-11-21-39-27-31(37)25-33(17-19-35)29-13-7-5-8-14-29)41-43(3,4)24-12-22-40-28-32(38)26-34(18-20-36)30-15-9-6-10-16-30/h29-32,35-38H,5-28H2,1-4H3. The van der Waals surface area contributed by atoms with Crippen LogP contribution in [0.4, 0.5) is 0 Å². The second-order valence-electron chi connectivity index (χ2n) is 14.3. The number of aliphatic hydroxyl groups is 4. The number of nitrogens with zero attached hydrogens (tertiary/aromatic N) is 2. The molecule has 2 rings (SSSR count). The molecule has 0 aromatic heterocycles. The molecule has 0 saturated heterocycles. The first-order chi connectivity index (χ1) is 20.5. The Morgan fingerprint density at radius 1 is 0.628 bits per heavy atom. The zero-order valence-corrected chi connectivity index (χ0v) is 30.2. The minimum atomic E-state index is -1.83. The number of hydrogen-bond donors (Lipinski definition) is 4. The first-order valence-corrected chi connectivity index (χ1v) is 23.7. The third-order valence-corrected chi connectivity index (χ3v) is 16.7. The van der Waals surface area contributed by atoms with Crippen LogP contribution in [0.5, 0.6) is 0 Å². The Morgan fingerprint density at radius 3 is 1.35 bits per heavy atom. The van der Waals surface area contributed by atoms with Gasteiger partial charge in [-0.15, -0.1) is 0 Å². The summed E-state index contributed by atoms with van der Waals surface area (Å²) in [5.74, 6) is 0. The molecule has 2 aliphatic carbocycles. The molecule has 2 unspecified atom stereocenters. The average Bonchev–Trinajstić information content (AvgIpc) is 2.96. The van der Waals surface area contributed by atoms with Crippen LogP contribution in [0, 0.1) is 0 Å². The molecule has 0 aromatic carbocycles. The molecule has 0 aliphatic heterocycles. The van der Waals surface area contributed by atoms with Gasteiger partial charge in [-0.25, -0.2) is 0 Å². The molecule has 43 heavy (non-hydrogen) atoms. The van der Waals surface area contributed by atoms with Gasteiger partial charge in [-0.05, 0) is 76.8 Å². The van der Waals surface area contributed by atoms with Gasteiger partial charge in [0, 0.05) is 51.5 Å². The van der Waals surface area contributed by atoms with Gasteiger partial charge in [0.2, 0.25) is 0 Å². The summed E-state index contributed by atoms with van der Waals surface area (Å²) in [5.41, 5.74) is 0. The van der Waals surface area contributed by atoms with Crippen molar-refractivity contribution in [3.63, 3.8) is 0 Å². The molecule has 9 nitrogen and oxygen atoms in total. The van der Waals surface area contributed by atoms with Gasteiger partial charge in [0.25, 0.3) is 0 Å². The lowest BCUT2D eigenvalue weighted by molar-refractivity contribution is 0.000779. The van der Waals surface area contributed by atoms with E-state index in [1.165, 1.54) is 38.5 Å². The van der Waals surface area contributed by atoms with Gasteiger partial charge in [-0.2, -0.15) is 0 Å². The van der Waals surface area contributed by atoms with Gasteiger partial charge in [-0.1, -0.05) is 38.5 Å². The summed E-state index contributed by atoms with van der Waals surface area (Å²) in [4.78, 5) is 4.50. The van der Waals surface area contributed by atoms with Gasteiger partial charge >= 0.3 is 0 Å². The molecular formula is C32H68N2O7Si2. The van der Waals surface area contributed by atoms with Crippen molar-refractivity contribution < 1.29 is 34.0 Å². The third kappa shape index (κ3) is 17.5. The molecular weight excluding hydrogens is 581 g/mol. The highest BCUT2D eigenvalue weighted by Gasteiger charge is 2.32. The fourth-order valence-electron chi connectivity index (χ4n) is 7.13. The second kappa shape index (κ2) is 21.8. The van der Waals surface area contributed by atoms with Crippen molar-refractivity contribution >= 4 is 16.6 Å². The quantitative estimate of drug-likeness (QED) is 0.0903. The molecule has 0 amide bonds. The normalized spacial score (nSPS) is 19.4. The Labute approximate surface area is 265 Å². The Kier molecular flexibility index (Phi) is 19.9. The fraction of sp³-hybridized carbons (Fsp3) is 1.00. The molecule has 256 valence electrons. The van der Waals surface area contributed by atoms with E-state index >= 15 is 0 Å². The van der Waals surface area contributed by atoms with E-state index in [9.17, 15) is 20.4 Å². The van der Waals surface area contributed by atoms with Gasteiger partial charge < -0.3 is 34.0 Å². The van der Waals surface area contributed by atoms with Crippen LogP contribution in [0.3, 0.4) is 0 Å². The van der Waals surface area contributed by atoms with Crippen LogP contribution in [0.1, 0.15) is 77.0 Å². The Bertz CT molecular complexity index is 639. The maximum absolute atomic E-state index is 10.6. The van der Waals surface area contributed by atoms with Crippen LogP contribution in [0.2, 0.25) is 38.3 Å². The van der Waals surface area contributed by atoms with Crippen molar-refractivity contribution in [3.8, 4) is 0 Å². The Balaban J connectivity index is 1.57. The number of ether oxygens (including phenoxy) is 2. The SMILES string of the molecule is C[Si](C)(CCCOCC(O)CN(CCO)C1CCCCC1)O[Si](C)(C)CCCOCC(O)CN(CCO)C1CCCCC1. The number of rotatable bonds is 24. The highest BCUT2D eigenvalue weighted by molar-refractivity contribution is 6.84. The van der Waals surface area contributed by atoms with E-state index < -0.39 is 28.8 Å². The van der Waals surface area contributed by atoms with Crippen molar-refractivity contribution in [2.45, 2.75) is 140 Å². The van der Waals surface area contributed by atoms with Crippen LogP contribution in [0.25, 0.3) is 0 Å². The molecule has 0 heterocycles. The highest BCUT2D eigenvalue weighted by Crippen LogP contribution is 2.25. The maximum atomic E-state index is 10.6. The van der Waals surface area contributed by atoms with Crippen molar-refractivity contribution in [1.82, 2.24) is 9.80 Å². The van der Waals surface area contributed by atoms with E-state index in [-0.39, 0.29) is 13.2 Å². The Morgan fingerprint density at radius 2 is 1.00 bits per heavy atom. The minimum absolute atomic E-state index is 0.130. The molecule has 4 N–H and O–H groups in total. The zero-order chi connectivity index (χ0) is 31.6. The largest absolute Gasteiger partial charge is 0.455 e. The smallest absolute Gasteiger partial charge is 0.173 e. The lowest BCUT2D eigenvalue weighted by Gasteiger charge is -2.35. The van der Waals surface area contributed by atoms with Gasteiger partial charge in [0.15, 0.2) is 16.6 Å². The van der Waals surface area contributed by atoms with E-state index in [1.54, 1.807) is 0 Å². The summed E-state index contributed by atoms with van der Waals surface area (Å²) in [6.45, 7) is 13.8. The molecule has 2 fully saturated rings. The van der Waals surface area contributed by atoms with E-state index in [0.717, 1.165) is 50.6 Å². The van der Waals surface area contributed by atoms with Crippen LogP contribution in [-0.2, 0) is 13.6 Å². The van der Waals surface area contributed by atoms with Crippen molar-refractivity contribution in [1.29, 1.82) is 0 Å². The summed E-state index contributed by atoms with van der Waals surface area (Å²) >= 11 is 0. The third-order valence-electron chi connectivity index (χ3n) is 9.16. The molecule has 2 atom stereocenters.